The van der Waals surface area contributed by atoms with Crippen molar-refractivity contribution in [3.63, 3.8) is 0 Å². The number of anilines is 2. The van der Waals surface area contributed by atoms with Crippen LogP contribution in [0.2, 0.25) is 0 Å². The number of hydrogen-bond acceptors (Lipinski definition) is 6. The molecule has 2 aliphatic rings. The number of carbonyl (C=O) groups excluding carboxylic acids is 2. The Hall–Kier alpha value is -3.29. The van der Waals surface area contributed by atoms with Gasteiger partial charge in [0.15, 0.2) is 5.82 Å². The molecule has 1 heterocycles. The highest BCUT2D eigenvalue weighted by Gasteiger charge is 2.49. The van der Waals surface area contributed by atoms with Crippen molar-refractivity contribution in [3.8, 4) is 5.75 Å². The highest BCUT2D eigenvalue weighted by molar-refractivity contribution is 5.93. The Bertz CT molecular complexity index is 1190. The summed E-state index contributed by atoms with van der Waals surface area (Å²) in [6, 6.07) is 11.3. The molecule has 0 bridgehead atoms. The van der Waals surface area contributed by atoms with Crippen LogP contribution in [0.25, 0.3) is 0 Å². The van der Waals surface area contributed by atoms with Gasteiger partial charge in [0.2, 0.25) is 0 Å². The summed E-state index contributed by atoms with van der Waals surface area (Å²) in [6.45, 7) is 11.1. The van der Waals surface area contributed by atoms with E-state index in [4.69, 9.17) is 14.2 Å². The van der Waals surface area contributed by atoms with Gasteiger partial charge in [-0.3, -0.25) is 9.69 Å². The van der Waals surface area contributed by atoms with Crippen LogP contribution in [0.1, 0.15) is 84.8 Å². The lowest BCUT2D eigenvalue weighted by molar-refractivity contribution is -0.152. The SMILES string of the molecule is CC(C)(C)OC(=O)CNc1c(OCc2ccccc2)cc2c(c1F)C1(CCCCC1)CN2C(=O)OC(C)(C)C. The first-order chi connectivity index (χ1) is 18.3. The summed E-state index contributed by atoms with van der Waals surface area (Å²) in [6.07, 6.45) is 4.02. The van der Waals surface area contributed by atoms with Crippen LogP contribution in [0.3, 0.4) is 0 Å². The number of halogens is 1. The molecule has 0 atom stereocenters. The highest BCUT2D eigenvalue weighted by Crippen LogP contribution is 2.54. The number of benzene rings is 2. The van der Waals surface area contributed by atoms with Crippen LogP contribution >= 0.6 is 0 Å². The second kappa shape index (κ2) is 11.1. The Labute approximate surface area is 231 Å². The zero-order valence-electron chi connectivity index (χ0n) is 24.0. The predicted molar refractivity (Wildman–Crippen MR) is 150 cm³/mol. The molecule has 1 saturated carbocycles. The van der Waals surface area contributed by atoms with Crippen molar-refractivity contribution in [3.05, 3.63) is 53.3 Å². The Morgan fingerprint density at radius 3 is 2.23 bits per heavy atom. The van der Waals surface area contributed by atoms with Crippen molar-refractivity contribution < 1.29 is 28.2 Å². The van der Waals surface area contributed by atoms with Gasteiger partial charge in [0.05, 0.1) is 5.69 Å². The van der Waals surface area contributed by atoms with E-state index < -0.39 is 34.5 Å². The molecule has 1 aliphatic carbocycles. The van der Waals surface area contributed by atoms with Crippen LogP contribution in [-0.2, 0) is 26.3 Å². The second-order valence-electron chi connectivity index (χ2n) is 12.6. The normalized spacial score (nSPS) is 16.5. The number of nitrogens with one attached hydrogen (secondary N) is 1. The zero-order valence-corrected chi connectivity index (χ0v) is 24.0. The van der Waals surface area contributed by atoms with Gasteiger partial charge in [-0.25, -0.2) is 9.18 Å². The number of esters is 1. The number of nitrogens with zero attached hydrogens (tertiary/aromatic N) is 1. The molecule has 1 N–H and O–H groups in total. The van der Waals surface area contributed by atoms with E-state index in [1.807, 2.05) is 51.1 Å². The molecule has 4 rings (SSSR count). The summed E-state index contributed by atoms with van der Waals surface area (Å²) in [5.41, 5.74) is 0.0911. The summed E-state index contributed by atoms with van der Waals surface area (Å²) in [4.78, 5) is 27.4. The third kappa shape index (κ3) is 6.84. The minimum Gasteiger partial charge on any atom is -0.487 e. The Kier molecular flexibility index (Phi) is 8.14. The lowest BCUT2D eigenvalue weighted by atomic mass is 9.70. The maximum atomic E-state index is 16.7. The fourth-order valence-electron chi connectivity index (χ4n) is 5.47. The molecule has 212 valence electrons. The molecule has 7 nitrogen and oxygen atoms in total. The third-order valence-electron chi connectivity index (χ3n) is 6.98. The molecule has 1 amide bonds. The first-order valence-corrected chi connectivity index (χ1v) is 13.8. The van der Waals surface area contributed by atoms with Gasteiger partial charge in [-0.2, -0.15) is 0 Å². The average Bonchev–Trinajstić information content (AvgIpc) is 3.15. The molecular weight excluding hydrogens is 499 g/mol. The van der Waals surface area contributed by atoms with Crippen LogP contribution in [0, 0.1) is 5.82 Å². The quantitative estimate of drug-likeness (QED) is 0.393. The van der Waals surface area contributed by atoms with E-state index in [1.54, 1.807) is 31.7 Å². The van der Waals surface area contributed by atoms with E-state index >= 15 is 4.39 Å². The standard InChI is InChI=1S/C31H41FN2O5/c1-29(2,3)38-24(35)18-33-27-23(37-19-21-13-9-7-10-14-21)17-22-25(26(27)32)31(15-11-8-12-16-31)20-34(22)28(36)39-30(4,5)6/h7,9-10,13-14,17,33H,8,11-12,15-16,18-20H2,1-6H3. The van der Waals surface area contributed by atoms with E-state index in [1.165, 1.54) is 0 Å². The molecule has 0 unspecified atom stereocenters. The summed E-state index contributed by atoms with van der Waals surface area (Å²) in [7, 11) is 0. The van der Waals surface area contributed by atoms with Gasteiger partial charge in [0.25, 0.3) is 0 Å². The number of amides is 1. The van der Waals surface area contributed by atoms with Gasteiger partial charge in [0.1, 0.15) is 35.8 Å². The van der Waals surface area contributed by atoms with Gasteiger partial charge in [-0.05, 0) is 59.9 Å². The minimum absolute atomic E-state index is 0.103. The molecule has 0 saturated heterocycles. The van der Waals surface area contributed by atoms with E-state index in [9.17, 15) is 9.59 Å². The molecule has 1 aliphatic heterocycles. The number of fused-ring (bicyclic) bond motifs is 2. The van der Waals surface area contributed by atoms with Crippen molar-refractivity contribution in [2.24, 2.45) is 0 Å². The van der Waals surface area contributed by atoms with Gasteiger partial charge in [-0.1, -0.05) is 49.6 Å². The van der Waals surface area contributed by atoms with Crippen LogP contribution in [0.4, 0.5) is 20.6 Å². The maximum Gasteiger partial charge on any atom is 0.414 e. The van der Waals surface area contributed by atoms with Crippen molar-refractivity contribution in [2.75, 3.05) is 23.3 Å². The molecule has 0 aromatic heterocycles. The fraction of sp³-hybridized carbons (Fsp3) is 0.548. The van der Waals surface area contributed by atoms with E-state index in [0.29, 0.717) is 17.8 Å². The zero-order chi connectivity index (χ0) is 28.4. The Balaban J connectivity index is 1.76. The Morgan fingerprint density at radius 1 is 0.974 bits per heavy atom. The number of rotatable bonds is 6. The third-order valence-corrected chi connectivity index (χ3v) is 6.98. The summed E-state index contributed by atoms with van der Waals surface area (Å²) in [5.74, 6) is -0.772. The average molecular weight is 541 g/mol. The molecule has 8 heteroatoms. The van der Waals surface area contributed by atoms with Crippen molar-refractivity contribution in [2.45, 2.75) is 96.9 Å². The van der Waals surface area contributed by atoms with Crippen molar-refractivity contribution in [1.29, 1.82) is 0 Å². The lowest BCUT2D eigenvalue weighted by Crippen LogP contribution is -2.41. The maximum absolute atomic E-state index is 16.7. The molecule has 2 aromatic carbocycles. The number of ether oxygens (including phenoxy) is 3. The van der Waals surface area contributed by atoms with Gasteiger partial charge in [-0.15, -0.1) is 0 Å². The van der Waals surface area contributed by atoms with Crippen LogP contribution in [0.15, 0.2) is 36.4 Å². The Morgan fingerprint density at radius 2 is 1.62 bits per heavy atom. The second-order valence-corrected chi connectivity index (χ2v) is 12.6. The molecular formula is C31H41FN2O5. The molecule has 1 fully saturated rings. The van der Waals surface area contributed by atoms with Crippen molar-refractivity contribution >= 4 is 23.4 Å². The monoisotopic (exact) mass is 540 g/mol. The fourth-order valence-corrected chi connectivity index (χ4v) is 5.47. The smallest absolute Gasteiger partial charge is 0.414 e. The highest BCUT2D eigenvalue weighted by atomic mass is 19.1. The first kappa shape index (κ1) is 28.7. The summed E-state index contributed by atoms with van der Waals surface area (Å²) >= 11 is 0. The predicted octanol–water partition coefficient (Wildman–Crippen LogP) is 7.12. The van der Waals surface area contributed by atoms with E-state index in [-0.39, 0.29) is 24.6 Å². The van der Waals surface area contributed by atoms with Crippen LogP contribution in [-0.4, -0.2) is 36.4 Å². The van der Waals surface area contributed by atoms with Crippen molar-refractivity contribution in [1.82, 2.24) is 0 Å². The molecule has 2 aromatic rings. The van der Waals surface area contributed by atoms with Crippen LogP contribution in [0.5, 0.6) is 5.75 Å². The minimum atomic E-state index is -0.695. The van der Waals surface area contributed by atoms with E-state index in [2.05, 4.69) is 5.32 Å². The number of carbonyl (C=O) groups is 2. The first-order valence-electron chi connectivity index (χ1n) is 13.8. The largest absolute Gasteiger partial charge is 0.487 e. The molecule has 1 spiro atoms. The van der Waals surface area contributed by atoms with Gasteiger partial charge in [0, 0.05) is 23.6 Å². The number of hydrogen-bond donors (Lipinski definition) is 1. The van der Waals surface area contributed by atoms with Gasteiger partial charge >= 0.3 is 12.1 Å². The molecule has 0 radical (unpaired) electrons. The van der Waals surface area contributed by atoms with Gasteiger partial charge < -0.3 is 19.5 Å². The summed E-state index contributed by atoms with van der Waals surface area (Å²) in [5, 5.41) is 2.96. The lowest BCUT2D eigenvalue weighted by Gasteiger charge is -2.34. The van der Waals surface area contributed by atoms with E-state index in [0.717, 1.165) is 37.7 Å². The topological polar surface area (TPSA) is 77.1 Å². The van der Waals surface area contributed by atoms with Crippen LogP contribution < -0.4 is 15.0 Å². The summed E-state index contributed by atoms with van der Waals surface area (Å²) < 4.78 is 34.0. The molecule has 39 heavy (non-hydrogen) atoms.